The van der Waals surface area contributed by atoms with Crippen LogP contribution in [0.15, 0.2) is 18.2 Å². The fraction of sp³-hybridized carbons (Fsp3) is 0.500. The number of hydrogen-bond donors (Lipinski definition) is 1. The Morgan fingerprint density at radius 2 is 2.18 bits per heavy atom. The summed E-state index contributed by atoms with van der Waals surface area (Å²) in [5, 5.41) is 2.63. The van der Waals surface area contributed by atoms with Crippen LogP contribution in [0.1, 0.15) is 18.0 Å². The summed E-state index contributed by atoms with van der Waals surface area (Å²) in [7, 11) is -0.405. The van der Waals surface area contributed by atoms with Crippen LogP contribution in [0.5, 0.6) is 0 Å². The van der Waals surface area contributed by atoms with Gasteiger partial charge in [-0.05, 0) is 37.4 Å². The van der Waals surface area contributed by atoms with Gasteiger partial charge < -0.3 is 10.3 Å². The third-order valence-electron chi connectivity index (χ3n) is 3.14. The number of benzene rings is 1. The highest BCUT2D eigenvalue weighted by Crippen LogP contribution is 2.39. The van der Waals surface area contributed by atoms with Crippen LogP contribution in [0.4, 0.5) is 5.69 Å². The van der Waals surface area contributed by atoms with E-state index in [0.29, 0.717) is 5.69 Å². The summed E-state index contributed by atoms with van der Waals surface area (Å²) in [6.07, 6.45) is 0.956. The Bertz CT molecular complexity index is 470. The average molecular weight is 254 g/mol. The summed E-state index contributed by atoms with van der Waals surface area (Å²) in [4.78, 5) is 5.41. The molecule has 0 radical (unpaired) electrons. The van der Waals surface area contributed by atoms with E-state index in [1.165, 1.54) is 0 Å². The second-order valence-corrected chi connectivity index (χ2v) is 8.04. The second-order valence-electron chi connectivity index (χ2n) is 4.85. The Labute approximate surface area is 102 Å². The maximum absolute atomic E-state index is 12.2. The molecule has 0 aliphatic carbocycles. The highest BCUT2D eigenvalue weighted by molar-refractivity contribution is 7.70. The van der Waals surface area contributed by atoms with Crippen molar-refractivity contribution in [2.45, 2.75) is 12.5 Å². The van der Waals surface area contributed by atoms with E-state index in [1.54, 1.807) is 13.3 Å². The third-order valence-corrected chi connectivity index (χ3v) is 4.69. The normalized spacial score (nSPS) is 21.9. The van der Waals surface area contributed by atoms with Gasteiger partial charge in [-0.2, -0.15) is 5.06 Å². The topological polar surface area (TPSA) is 55.6 Å². The SMILES string of the molecule is CN1OCCC1c1ccc(N)c(P(C)(C)=O)c1. The van der Waals surface area contributed by atoms with Crippen LogP contribution >= 0.6 is 7.14 Å². The smallest absolute Gasteiger partial charge is 0.111 e. The first-order chi connectivity index (χ1) is 7.89. The summed E-state index contributed by atoms with van der Waals surface area (Å²) >= 11 is 0. The van der Waals surface area contributed by atoms with Gasteiger partial charge in [0.1, 0.15) is 7.14 Å². The van der Waals surface area contributed by atoms with Crippen molar-refractivity contribution in [2.24, 2.45) is 0 Å². The first-order valence-corrected chi connectivity index (χ1v) is 8.30. The van der Waals surface area contributed by atoms with Gasteiger partial charge in [0.15, 0.2) is 0 Å². The van der Waals surface area contributed by atoms with E-state index in [9.17, 15) is 4.57 Å². The van der Waals surface area contributed by atoms with Crippen molar-refractivity contribution in [1.82, 2.24) is 5.06 Å². The quantitative estimate of drug-likeness (QED) is 0.646. The molecule has 1 fully saturated rings. The minimum absolute atomic E-state index is 0.237. The molecule has 0 amide bonds. The molecule has 0 bridgehead atoms. The Balaban J connectivity index is 2.41. The lowest BCUT2D eigenvalue weighted by molar-refractivity contribution is -0.110. The summed E-state index contributed by atoms with van der Waals surface area (Å²) in [6, 6.07) is 6.04. The molecule has 1 heterocycles. The Hall–Kier alpha value is -0.830. The van der Waals surface area contributed by atoms with Crippen molar-refractivity contribution < 1.29 is 9.40 Å². The van der Waals surface area contributed by atoms with Crippen LogP contribution in [0.3, 0.4) is 0 Å². The number of nitrogen functional groups attached to an aromatic ring is 1. The molecule has 1 aromatic carbocycles. The fourth-order valence-corrected chi connectivity index (χ4v) is 3.35. The van der Waals surface area contributed by atoms with Crippen LogP contribution in [-0.2, 0) is 9.40 Å². The largest absolute Gasteiger partial charge is 0.398 e. The molecular formula is C12H19N2O2P. The summed E-state index contributed by atoms with van der Waals surface area (Å²) in [5.41, 5.74) is 7.63. The molecule has 17 heavy (non-hydrogen) atoms. The molecule has 5 heteroatoms. The molecule has 1 unspecified atom stereocenters. The van der Waals surface area contributed by atoms with Gasteiger partial charge in [-0.25, -0.2) is 0 Å². The lowest BCUT2D eigenvalue weighted by atomic mass is 10.0. The molecule has 2 N–H and O–H groups in total. The van der Waals surface area contributed by atoms with E-state index in [0.717, 1.165) is 23.9 Å². The van der Waals surface area contributed by atoms with Gasteiger partial charge in [-0.3, -0.25) is 4.84 Å². The molecule has 1 aliphatic heterocycles. The number of anilines is 1. The van der Waals surface area contributed by atoms with Crippen molar-refractivity contribution in [3.05, 3.63) is 23.8 Å². The first kappa shape index (κ1) is 12.6. The monoisotopic (exact) mass is 254 g/mol. The predicted octanol–water partition coefficient (Wildman–Crippen LogP) is 1.82. The van der Waals surface area contributed by atoms with Gasteiger partial charge in [0.25, 0.3) is 0 Å². The molecular weight excluding hydrogens is 235 g/mol. The standard InChI is InChI=1S/C12H19N2O2P/c1-14-11(6-7-16-14)9-4-5-10(13)12(8-9)17(2,3)15/h4-5,8,11H,6-7,13H2,1-3H3. The maximum atomic E-state index is 12.2. The number of hydrogen-bond acceptors (Lipinski definition) is 4. The molecule has 1 aromatic rings. The predicted molar refractivity (Wildman–Crippen MR) is 71.0 cm³/mol. The molecule has 1 saturated heterocycles. The minimum Gasteiger partial charge on any atom is -0.398 e. The van der Waals surface area contributed by atoms with Gasteiger partial charge in [0.05, 0.1) is 12.6 Å². The molecule has 2 rings (SSSR count). The first-order valence-electron chi connectivity index (χ1n) is 5.70. The summed E-state index contributed by atoms with van der Waals surface area (Å²) in [6.45, 7) is 4.23. The highest BCUT2D eigenvalue weighted by Gasteiger charge is 2.25. The van der Waals surface area contributed by atoms with Gasteiger partial charge in [0.2, 0.25) is 0 Å². The minimum atomic E-state index is -2.33. The van der Waals surface area contributed by atoms with E-state index in [-0.39, 0.29) is 6.04 Å². The van der Waals surface area contributed by atoms with Crippen molar-refractivity contribution >= 4 is 18.1 Å². The van der Waals surface area contributed by atoms with Crippen LogP contribution in [0, 0.1) is 0 Å². The number of nitrogens with two attached hydrogens (primary N) is 1. The molecule has 0 aromatic heterocycles. The lowest BCUT2D eigenvalue weighted by Crippen LogP contribution is -2.18. The Morgan fingerprint density at radius 1 is 1.47 bits per heavy atom. The van der Waals surface area contributed by atoms with Crippen molar-refractivity contribution in [3.63, 3.8) is 0 Å². The summed E-state index contributed by atoms with van der Waals surface area (Å²) < 4.78 is 12.2. The highest BCUT2D eigenvalue weighted by atomic mass is 31.2. The lowest BCUT2D eigenvalue weighted by Gasteiger charge is -2.20. The molecule has 0 spiro atoms. The van der Waals surface area contributed by atoms with Crippen molar-refractivity contribution in [2.75, 3.05) is 32.7 Å². The zero-order chi connectivity index (χ0) is 12.6. The zero-order valence-corrected chi connectivity index (χ0v) is 11.4. The van der Waals surface area contributed by atoms with Crippen molar-refractivity contribution in [3.8, 4) is 0 Å². The Kier molecular flexibility index (Phi) is 3.30. The molecule has 1 aliphatic rings. The van der Waals surface area contributed by atoms with E-state index in [2.05, 4.69) is 0 Å². The van der Waals surface area contributed by atoms with Gasteiger partial charge in [0, 0.05) is 18.0 Å². The van der Waals surface area contributed by atoms with Gasteiger partial charge >= 0.3 is 0 Å². The molecule has 1 atom stereocenters. The molecule has 0 saturated carbocycles. The third kappa shape index (κ3) is 2.54. The van der Waals surface area contributed by atoms with Gasteiger partial charge in [-0.15, -0.1) is 0 Å². The van der Waals surface area contributed by atoms with Gasteiger partial charge in [-0.1, -0.05) is 6.07 Å². The average Bonchev–Trinajstić information content (AvgIpc) is 2.63. The van der Waals surface area contributed by atoms with E-state index in [4.69, 9.17) is 10.6 Å². The van der Waals surface area contributed by atoms with Crippen LogP contribution in [0.2, 0.25) is 0 Å². The van der Waals surface area contributed by atoms with E-state index in [1.807, 2.05) is 30.3 Å². The maximum Gasteiger partial charge on any atom is 0.111 e. The van der Waals surface area contributed by atoms with Crippen molar-refractivity contribution in [1.29, 1.82) is 0 Å². The number of hydroxylamine groups is 2. The van der Waals surface area contributed by atoms with Crippen LogP contribution in [-0.4, -0.2) is 32.0 Å². The van der Waals surface area contributed by atoms with Crippen LogP contribution in [0.25, 0.3) is 0 Å². The van der Waals surface area contributed by atoms with E-state index < -0.39 is 7.14 Å². The summed E-state index contributed by atoms with van der Waals surface area (Å²) in [5.74, 6) is 0. The Morgan fingerprint density at radius 3 is 2.71 bits per heavy atom. The molecule has 94 valence electrons. The number of rotatable bonds is 2. The zero-order valence-electron chi connectivity index (χ0n) is 10.5. The molecule has 4 nitrogen and oxygen atoms in total. The second kappa shape index (κ2) is 4.45. The number of nitrogens with zero attached hydrogens (tertiary/aromatic N) is 1. The van der Waals surface area contributed by atoms with Crippen LogP contribution < -0.4 is 11.0 Å². The fourth-order valence-electron chi connectivity index (χ4n) is 2.19. The van der Waals surface area contributed by atoms with E-state index >= 15 is 0 Å².